The van der Waals surface area contributed by atoms with Crippen molar-refractivity contribution >= 4 is 34.6 Å². The highest BCUT2D eigenvalue weighted by Gasteiger charge is 2.43. The minimum atomic E-state index is -2.91. The van der Waals surface area contributed by atoms with Crippen LogP contribution in [0.15, 0.2) is 113 Å². The number of aromatic nitrogens is 2. The van der Waals surface area contributed by atoms with E-state index in [1.807, 2.05) is 90.5 Å². The Kier molecular flexibility index (Phi) is 7.16. The number of para-hydroxylation sites is 3. The van der Waals surface area contributed by atoms with E-state index in [-0.39, 0.29) is 17.6 Å². The van der Waals surface area contributed by atoms with E-state index in [0.29, 0.717) is 24.7 Å². The lowest BCUT2D eigenvalue weighted by atomic mass is 9.93. The van der Waals surface area contributed by atoms with Gasteiger partial charge >= 0.3 is 6.61 Å². The first-order chi connectivity index (χ1) is 22.9. The average molecular weight is 634 g/mol. The van der Waals surface area contributed by atoms with Crippen molar-refractivity contribution in [1.29, 1.82) is 0 Å². The van der Waals surface area contributed by atoms with E-state index in [4.69, 9.17) is 15.1 Å². The molecular formula is C36H30F3N7O. The highest BCUT2D eigenvalue weighted by molar-refractivity contribution is 6.48. The monoisotopic (exact) mass is 633 g/mol. The molecule has 8 rings (SSSR count). The van der Waals surface area contributed by atoms with E-state index in [9.17, 15) is 13.2 Å². The molecule has 0 N–H and O–H groups in total. The van der Waals surface area contributed by atoms with E-state index in [1.54, 1.807) is 12.1 Å². The first-order valence-corrected chi connectivity index (χ1v) is 15.5. The summed E-state index contributed by atoms with van der Waals surface area (Å²) in [6, 6.07) is 30.8. The Morgan fingerprint density at radius 3 is 2.13 bits per heavy atom. The van der Waals surface area contributed by atoms with Gasteiger partial charge in [-0.05, 0) is 73.2 Å². The highest BCUT2D eigenvalue weighted by atomic mass is 19.3. The van der Waals surface area contributed by atoms with E-state index >= 15 is 0 Å². The van der Waals surface area contributed by atoms with Crippen molar-refractivity contribution in [2.45, 2.75) is 19.6 Å². The molecule has 1 atom stereocenters. The normalized spacial score (nSPS) is 17.1. The topological polar surface area (TPSA) is 61.5 Å². The number of hydrogen-bond donors (Lipinski definition) is 0. The molecule has 47 heavy (non-hydrogen) atoms. The maximum atomic E-state index is 13.6. The van der Waals surface area contributed by atoms with E-state index in [0.717, 1.165) is 58.5 Å². The van der Waals surface area contributed by atoms with Crippen molar-refractivity contribution in [2.75, 3.05) is 36.0 Å². The number of amidine groups is 2. The van der Waals surface area contributed by atoms with Crippen molar-refractivity contribution in [1.82, 2.24) is 14.7 Å². The molecule has 5 aromatic rings. The summed E-state index contributed by atoms with van der Waals surface area (Å²) in [7, 11) is 0. The SMILES string of the molecule is Cc1nn(-c2ccccc2)c2c1C(c1ccc(OC(F)F)cc1)N1C(=N2)C(N2CCN(c3ccc(F)cc3)CC2)=Nc2ccccc21. The molecule has 0 aliphatic carbocycles. The summed E-state index contributed by atoms with van der Waals surface area (Å²) >= 11 is 0. The van der Waals surface area contributed by atoms with Crippen LogP contribution in [0.2, 0.25) is 0 Å². The Balaban J connectivity index is 1.26. The first kappa shape index (κ1) is 28.9. The number of aliphatic imine (C=N–C) groups is 2. The predicted molar refractivity (Wildman–Crippen MR) is 177 cm³/mol. The smallest absolute Gasteiger partial charge is 0.387 e. The van der Waals surface area contributed by atoms with Crippen LogP contribution in [0, 0.1) is 12.7 Å². The minimum Gasteiger partial charge on any atom is -0.435 e. The fraction of sp³-hybridized carbons (Fsp3) is 0.194. The van der Waals surface area contributed by atoms with Gasteiger partial charge in [-0.15, -0.1) is 0 Å². The molecule has 8 nitrogen and oxygen atoms in total. The number of halogens is 3. The standard InChI is InChI=1S/C36H30F3N7O/c1-23-31-32(24-11-17-28(18-12-24)47-36(38)39)45-30-10-6-5-9-29(30)40-34(35(45)41-33(31)46(42-23)27-7-3-2-4-8-27)44-21-19-43(20-22-44)26-15-13-25(37)14-16-26/h2-18,32,36H,19-22H2,1H3. The van der Waals surface area contributed by atoms with Crippen LogP contribution >= 0.6 is 0 Å². The van der Waals surface area contributed by atoms with E-state index in [2.05, 4.69) is 19.4 Å². The minimum absolute atomic E-state index is 0.0886. The molecule has 1 aromatic heterocycles. The van der Waals surface area contributed by atoms with Gasteiger partial charge in [-0.2, -0.15) is 13.9 Å². The number of nitrogens with zero attached hydrogens (tertiary/aromatic N) is 7. The molecule has 0 radical (unpaired) electrons. The first-order valence-electron chi connectivity index (χ1n) is 15.5. The number of rotatable bonds is 5. The highest BCUT2D eigenvalue weighted by Crippen LogP contribution is 2.48. The summed E-state index contributed by atoms with van der Waals surface area (Å²) in [4.78, 5) is 17.2. The number of anilines is 2. The number of fused-ring (bicyclic) bond motifs is 4. The molecule has 1 unspecified atom stereocenters. The fourth-order valence-electron chi connectivity index (χ4n) is 6.63. The van der Waals surface area contributed by atoms with Crippen molar-refractivity contribution in [3.8, 4) is 11.4 Å². The van der Waals surface area contributed by atoms with Gasteiger partial charge in [0.05, 0.1) is 28.8 Å². The summed E-state index contributed by atoms with van der Waals surface area (Å²) < 4.78 is 46.2. The van der Waals surface area contributed by atoms with E-state index in [1.165, 1.54) is 12.1 Å². The van der Waals surface area contributed by atoms with E-state index < -0.39 is 6.61 Å². The molecule has 236 valence electrons. The van der Waals surface area contributed by atoms with Crippen molar-refractivity contribution < 1.29 is 17.9 Å². The second-order valence-corrected chi connectivity index (χ2v) is 11.6. The van der Waals surface area contributed by atoms with Crippen LogP contribution < -0.4 is 14.5 Å². The van der Waals surface area contributed by atoms with Crippen LogP contribution in [0.1, 0.15) is 22.9 Å². The summed E-state index contributed by atoms with van der Waals surface area (Å²) in [5.41, 5.74) is 6.13. The van der Waals surface area contributed by atoms with Gasteiger partial charge in [-0.25, -0.2) is 19.1 Å². The molecule has 3 aliphatic rings. The zero-order chi connectivity index (χ0) is 32.1. The number of ether oxygens (including phenoxy) is 1. The van der Waals surface area contributed by atoms with Crippen molar-refractivity contribution in [3.63, 3.8) is 0 Å². The second-order valence-electron chi connectivity index (χ2n) is 11.6. The zero-order valence-corrected chi connectivity index (χ0v) is 25.5. The number of benzene rings is 4. The van der Waals surface area contributed by atoms with Gasteiger partial charge in [0.15, 0.2) is 17.5 Å². The Labute approximate surface area is 269 Å². The molecule has 3 aliphatic heterocycles. The summed E-state index contributed by atoms with van der Waals surface area (Å²) in [6.45, 7) is 1.86. The molecule has 4 heterocycles. The fourth-order valence-corrected chi connectivity index (χ4v) is 6.63. The van der Waals surface area contributed by atoms with Gasteiger partial charge in [0.25, 0.3) is 0 Å². The largest absolute Gasteiger partial charge is 0.435 e. The van der Waals surface area contributed by atoms with Gasteiger partial charge in [0.2, 0.25) is 0 Å². The number of aryl methyl sites for hydroxylation is 1. The molecule has 1 saturated heterocycles. The molecule has 0 saturated carbocycles. The Morgan fingerprint density at radius 1 is 0.723 bits per heavy atom. The summed E-state index contributed by atoms with van der Waals surface area (Å²) in [5, 5.41) is 4.97. The van der Waals surface area contributed by atoms with Gasteiger partial charge in [0, 0.05) is 37.4 Å². The lowest BCUT2D eigenvalue weighted by Crippen LogP contribution is -2.55. The van der Waals surface area contributed by atoms with Crippen LogP contribution in [0.3, 0.4) is 0 Å². The lowest BCUT2D eigenvalue weighted by molar-refractivity contribution is -0.0498. The molecule has 0 spiro atoms. The molecular weight excluding hydrogens is 603 g/mol. The third-order valence-electron chi connectivity index (χ3n) is 8.81. The molecule has 11 heteroatoms. The van der Waals surface area contributed by atoms with Crippen LogP contribution in [-0.4, -0.2) is 59.1 Å². The predicted octanol–water partition coefficient (Wildman–Crippen LogP) is 7.43. The number of alkyl halides is 2. The second kappa shape index (κ2) is 11.7. The Bertz CT molecular complexity index is 1980. The third kappa shape index (κ3) is 5.17. The van der Waals surface area contributed by atoms with Gasteiger partial charge in [-0.1, -0.05) is 42.5 Å². The third-order valence-corrected chi connectivity index (χ3v) is 8.81. The molecule has 1 fully saturated rings. The number of hydrogen-bond acceptors (Lipinski definition) is 7. The van der Waals surface area contributed by atoms with Crippen LogP contribution in [0.4, 0.5) is 36.1 Å². The van der Waals surface area contributed by atoms with Crippen LogP contribution in [0.5, 0.6) is 5.75 Å². The zero-order valence-electron chi connectivity index (χ0n) is 25.5. The maximum Gasteiger partial charge on any atom is 0.387 e. The quantitative estimate of drug-likeness (QED) is 0.202. The van der Waals surface area contributed by atoms with Gasteiger partial charge in [0.1, 0.15) is 11.6 Å². The Hall–Kier alpha value is -5.58. The lowest BCUT2D eigenvalue weighted by Gasteiger charge is -2.44. The summed E-state index contributed by atoms with van der Waals surface area (Å²) in [6.07, 6.45) is 0. The van der Waals surface area contributed by atoms with Crippen LogP contribution in [-0.2, 0) is 0 Å². The van der Waals surface area contributed by atoms with Crippen LogP contribution in [0.25, 0.3) is 5.69 Å². The van der Waals surface area contributed by atoms with Gasteiger partial charge < -0.3 is 19.4 Å². The maximum absolute atomic E-state index is 13.6. The van der Waals surface area contributed by atoms with Gasteiger partial charge in [-0.3, -0.25) is 0 Å². The number of piperazine rings is 1. The summed E-state index contributed by atoms with van der Waals surface area (Å²) in [5.74, 6) is 1.95. The van der Waals surface area contributed by atoms with Crippen molar-refractivity contribution in [2.24, 2.45) is 9.98 Å². The van der Waals surface area contributed by atoms with Crippen molar-refractivity contribution in [3.05, 3.63) is 126 Å². The Morgan fingerprint density at radius 2 is 1.40 bits per heavy atom. The molecule has 4 aromatic carbocycles. The molecule has 0 bridgehead atoms. The average Bonchev–Trinajstić information content (AvgIpc) is 3.43. The molecule has 0 amide bonds.